The molecule has 0 aromatic rings. The van der Waals surface area contributed by atoms with Gasteiger partial charge in [0, 0.05) is 6.42 Å². The van der Waals surface area contributed by atoms with Crippen molar-refractivity contribution in [3.63, 3.8) is 0 Å². The van der Waals surface area contributed by atoms with Crippen molar-refractivity contribution in [2.24, 2.45) is 0 Å². The van der Waals surface area contributed by atoms with Crippen molar-refractivity contribution in [2.75, 3.05) is 6.61 Å². The number of carbonyl (C=O) groups excluding carboxylic acids is 2. The lowest BCUT2D eigenvalue weighted by Gasteiger charge is -2.24. The summed E-state index contributed by atoms with van der Waals surface area (Å²) in [6, 6.07) is -0.723. The van der Waals surface area contributed by atoms with Gasteiger partial charge in [0.2, 0.25) is 5.91 Å². The van der Waals surface area contributed by atoms with Gasteiger partial charge in [-0.2, -0.15) is 0 Å². The average molecular weight is 878 g/mol. The molecular weight excluding hydrogens is 779 g/mol. The first-order chi connectivity index (χ1) is 31.0. The molecule has 0 radical (unpaired) electrons. The summed E-state index contributed by atoms with van der Waals surface area (Å²) >= 11 is 0. The second-order valence-electron chi connectivity index (χ2n) is 17.7. The largest absolute Gasteiger partial charge is 0.462 e. The van der Waals surface area contributed by atoms with Gasteiger partial charge in [-0.1, -0.05) is 241 Å². The van der Waals surface area contributed by atoms with Crippen LogP contribution in [0, 0.1) is 0 Å². The lowest BCUT2D eigenvalue weighted by atomic mass is 10.0. The Balaban J connectivity index is 4.69. The first kappa shape index (κ1) is 60.0. The van der Waals surface area contributed by atoms with E-state index in [1.807, 2.05) is 54.7 Å². The number of rotatable bonds is 46. The van der Waals surface area contributed by atoms with Crippen molar-refractivity contribution in [1.82, 2.24) is 5.32 Å². The fraction of sp³-hybridized carbons (Fsp3) is 0.719. The summed E-state index contributed by atoms with van der Waals surface area (Å²) < 4.78 is 5.90. The van der Waals surface area contributed by atoms with Gasteiger partial charge in [0.25, 0.3) is 0 Å². The van der Waals surface area contributed by atoms with E-state index in [-0.39, 0.29) is 24.9 Å². The fourth-order valence-corrected chi connectivity index (χ4v) is 7.61. The fourth-order valence-electron chi connectivity index (χ4n) is 7.61. The van der Waals surface area contributed by atoms with E-state index in [1.165, 1.54) is 122 Å². The van der Waals surface area contributed by atoms with Crippen LogP contribution in [0.5, 0.6) is 0 Å². The lowest BCUT2D eigenvalue weighted by molar-refractivity contribution is -0.151. The van der Waals surface area contributed by atoms with Gasteiger partial charge in [-0.3, -0.25) is 9.59 Å². The van der Waals surface area contributed by atoms with Crippen LogP contribution in [0.3, 0.4) is 0 Å². The molecule has 0 aliphatic heterocycles. The minimum absolute atomic E-state index is 0.0400. The molecule has 0 spiro atoms. The highest BCUT2D eigenvalue weighted by Crippen LogP contribution is 2.17. The quantitative estimate of drug-likeness (QED) is 0.0245. The molecule has 0 fully saturated rings. The Labute approximate surface area is 389 Å². The molecule has 0 saturated carbocycles. The highest BCUT2D eigenvalue weighted by molar-refractivity contribution is 5.77. The molecule has 3 atom stereocenters. The Morgan fingerprint density at radius 2 is 0.921 bits per heavy atom. The molecule has 0 heterocycles. The van der Waals surface area contributed by atoms with Crippen molar-refractivity contribution >= 4 is 11.9 Å². The molecule has 6 heteroatoms. The summed E-state index contributed by atoms with van der Waals surface area (Å²) in [5, 5.41) is 23.8. The smallest absolute Gasteiger partial charge is 0.306 e. The molecule has 0 bridgehead atoms. The molecule has 362 valence electrons. The SMILES string of the molecule is CC/C=C/C=C/C=C\C=C/C=C/CCCC(=O)OC(CCCCCCCCC/C=C\C/C=C\CCCCC)CC(=O)NC(CO)C(O)CCCCCCCCCCCCCCCC. The van der Waals surface area contributed by atoms with E-state index < -0.39 is 18.2 Å². The standard InChI is InChI=1S/C57H99NO5/c1-4-7-10-13-16-19-22-25-27-28-29-31-33-36-39-42-45-48-53(63-57(62)50-47-44-41-38-35-30-24-21-18-15-12-9-6-3)51-56(61)58-54(52-59)55(60)49-46-43-40-37-34-32-26-23-20-17-14-11-8-5-2/h9,12,15-16,18-19,21,24-25,27,30,35,38,41,53-55,59-60H,4-8,10-11,13-14,17,20,22-23,26,28-29,31-34,36-37,39-40,42-52H2,1-3H3,(H,58,61)/b12-9+,18-15+,19-16-,24-21-,27-25-,35-30-,41-38+. The number of allylic oxidation sites excluding steroid dienone is 14. The number of amides is 1. The third-order valence-electron chi connectivity index (χ3n) is 11.6. The molecule has 0 aromatic heterocycles. The van der Waals surface area contributed by atoms with Crippen LogP contribution in [0.1, 0.15) is 239 Å². The summed E-state index contributed by atoms with van der Waals surface area (Å²) in [5.41, 5.74) is 0. The number of hydrogen-bond acceptors (Lipinski definition) is 5. The summed E-state index contributed by atoms with van der Waals surface area (Å²) in [7, 11) is 0. The van der Waals surface area contributed by atoms with Crippen LogP contribution < -0.4 is 5.32 Å². The van der Waals surface area contributed by atoms with E-state index in [0.717, 1.165) is 64.2 Å². The number of nitrogens with one attached hydrogen (secondary N) is 1. The third-order valence-corrected chi connectivity index (χ3v) is 11.6. The normalized spacial score (nSPS) is 13.9. The molecule has 63 heavy (non-hydrogen) atoms. The van der Waals surface area contributed by atoms with Gasteiger partial charge in [0.15, 0.2) is 0 Å². The van der Waals surface area contributed by atoms with Crippen LogP contribution >= 0.6 is 0 Å². The Morgan fingerprint density at radius 3 is 1.44 bits per heavy atom. The Hall–Kier alpha value is -2.96. The maximum Gasteiger partial charge on any atom is 0.306 e. The maximum atomic E-state index is 13.2. The molecule has 0 aromatic carbocycles. The summed E-state index contributed by atoms with van der Waals surface area (Å²) in [6.07, 6.45) is 65.0. The number of ether oxygens (including phenoxy) is 1. The first-order valence-corrected chi connectivity index (χ1v) is 26.4. The predicted molar refractivity (Wildman–Crippen MR) is 273 cm³/mol. The number of carbonyl (C=O) groups is 2. The van der Waals surface area contributed by atoms with Gasteiger partial charge in [-0.15, -0.1) is 0 Å². The molecule has 1 amide bonds. The van der Waals surface area contributed by atoms with Crippen molar-refractivity contribution in [3.05, 3.63) is 85.1 Å². The minimum Gasteiger partial charge on any atom is -0.462 e. The predicted octanol–water partition coefficient (Wildman–Crippen LogP) is 16.0. The van der Waals surface area contributed by atoms with Crippen LogP contribution in [0.2, 0.25) is 0 Å². The average Bonchev–Trinajstić information content (AvgIpc) is 3.28. The zero-order valence-electron chi connectivity index (χ0n) is 41.2. The molecular formula is C57H99NO5. The lowest BCUT2D eigenvalue weighted by Crippen LogP contribution is -2.46. The molecule has 0 saturated heterocycles. The number of aliphatic hydroxyl groups is 2. The van der Waals surface area contributed by atoms with Gasteiger partial charge >= 0.3 is 5.97 Å². The summed E-state index contributed by atoms with van der Waals surface area (Å²) in [5.74, 6) is -0.572. The Morgan fingerprint density at radius 1 is 0.492 bits per heavy atom. The Bertz CT molecular complexity index is 1210. The number of unbranched alkanes of at least 4 members (excludes halogenated alkanes) is 24. The van der Waals surface area contributed by atoms with E-state index in [1.54, 1.807) is 0 Å². The highest BCUT2D eigenvalue weighted by atomic mass is 16.5. The van der Waals surface area contributed by atoms with Crippen LogP contribution in [0.4, 0.5) is 0 Å². The van der Waals surface area contributed by atoms with E-state index in [0.29, 0.717) is 25.7 Å². The molecule has 6 nitrogen and oxygen atoms in total. The topological polar surface area (TPSA) is 95.9 Å². The van der Waals surface area contributed by atoms with Gasteiger partial charge in [-0.25, -0.2) is 0 Å². The van der Waals surface area contributed by atoms with Crippen LogP contribution in [-0.4, -0.2) is 46.9 Å². The third kappa shape index (κ3) is 45.4. The first-order valence-electron chi connectivity index (χ1n) is 26.4. The van der Waals surface area contributed by atoms with E-state index in [4.69, 9.17) is 4.74 Å². The zero-order valence-corrected chi connectivity index (χ0v) is 41.2. The van der Waals surface area contributed by atoms with Crippen LogP contribution in [-0.2, 0) is 14.3 Å². The van der Waals surface area contributed by atoms with Gasteiger partial charge in [0.05, 0.1) is 25.2 Å². The van der Waals surface area contributed by atoms with Gasteiger partial charge in [0.1, 0.15) is 6.10 Å². The van der Waals surface area contributed by atoms with Crippen LogP contribution in [0.15, 0.2) is 85.1 Å². The van der Waals surface area contributed by atoms with Crippen molar-refractivity contribution in [2.45, 2.75) is 257 Å². The van der Waals surface area contributed by atoms with Crippen molar-refractivity contribution in [1.29, 1.82) is 0 Å². The van der Waals surface area contributed by atoms with Crippen molar-refractivity contribution in [3.8, 4) is 0 Å². The molecule has 0 rings (SSSR count). The van der Waals surface area contributed by atoms with Crippen LogP contribution in [0.25, 0.3) is 0 Å². The molecule has 0 aliphatic carbocycles. The number of hydrogen-bond donors (Lipinski definition) is 3. The molecule has 3 N–H and O–H groups in total. The van der Waals surface area contributed by atoms with Gasteiger partial charge in [-0.05, 0) is 70.6 Å². The summed E-state index contributed by atoms with van der Waals surface area (Å²) in [6.45, 7) is 6.30. The zero-order chi connectivity index (χ0) is 45.9. The Kier molecular flexibility index (Phi) is 47.7. The van der Waals surface area contributed by atoms with Crippen molar-refractivity contribution < 1.29 is 24.5 Å². The van der Waals surface area contributed by atoms with Gasteiger partial charge < -0.3 is 20.3 Å². The monoisotopic (exact) mass is 878 g/mol. The highest BCUT2D eigenvalue weighted by Gasteiger charge is 2.24. The van der Waals surface area contributed by atoms with E-state index >= 15 is 0 Å². The molecule has 0 aliphatic rings. The molecule has 3 unspecified atom stereocenters. The van der Waals surface area contributed by atoms with E-state index in [9.17, 15) is 19.8 Å². The summed E-state index contributed by atoms with van der Waals surface area (Å²) in [4.78, 5) is 26.1. The second-order valence-corrected chi connectivity index (χ2v) is 17.7. The van der Waals surface area contributed by atoms with E-state index in [2.05, 4.69) is 56.5 Å². The minimum atomic E-state index is -0.806. The number of aliphatic hydroxyl groups excluding tert-OH is 2. The number of esters is 1. The maximum absolute atomic E-state index is 13.2. The second kappa shape index (κ2) is 50.0.